The standard InChI is InChI=1S/C12H18N4O/c1-16-11(10(13)8-15-16)12(17)14-7-9-5-3-2-4-6-9/h2-3,8-9H,4-7,13H2,1H3,(H,14,17). The van der Waals surface area contributed by atoms with Crippen molar-refractivity contribution in [1.82, 2.24) is 15.1 Å². The van der Waals surface area contributed by atoms with Crippen molar-refractivity contribution in [3.8, 4) is 0 Å². The van der Waals surface area contributed by atoms with Gasteiger partial charge in [0.1, 0.15) is 5.69 Å². The first-order valence-electron chi connectivity index (χ1n) is 5.89. The molecule has 0 fully saturated rings. The Labute approximate surface area is 101 Å². The van der Waals surface area contributed by atoms with Crippen molar-refractivity contribution in [2.75, 3.05) is 12.3 Å². The first-order chi connectivity index (χ1) is 8.18. The second-order valence-corrected chi connectivity index (χ2v) is 4.43. The molecular formula is C12H18N4O. The molecule has 3 N–H and O–H groups in total. The molecule has 0 radical (unpaired) electrons. The third-order valence-electron chi connectivity index (χ3n) is 3.11. The van der Waals surface area contributed by atoms with Crippen molar-refractivity contribution < 1.29 is 4.79 Å². The molecule has 1 amide bonds. The Morgan fingerprint density at radius 2 is 2.47 bits per heavy atom. The van der Waals surface area contributed by atoms with E-state index in [1.54, 1.807) is 7.05 Å². The van der Waals surface area contributed by atoms with E-state index in [0.29, 0.717) is 23.8 Å². The fourth-order valence-corrected chi connectivity index (χ4v) is 2.10. The lowest BCUT2D eigenvalue weighted by Crippen LogP contribution is -2.31. The van der Waals surface area contributed by atoms with Crippen molar-refractivity contribution >= 4 is 11.6 Å². The first kappa shape index (κ1) is 11.7. The van der Waals surface area contributed by atoms with Crippen molar-refractivity contribution in [1.29, 1.82) is 0 Å². The first-order valence-corrected chi connectivity index (χ1v) is 5.89. The highest BCUT2D eigenvalue weighted by Crippen LogP contribution is 2.17. The lowest BCUT2D eigenvalue weighted by molar-refractivity contribution is 0.0937. The molecule has 17 heavy (non-hydrogen) atoms. The van der Waals surface area contributed by atoms with Gasteiger partial charge in [-0.25, -0.2) is 0 Å². The predicted octanol–water partition coefficient (Wildman–Crippen LogP) is 1.09. The number of hydrogen-bond donors (Lipinski definition) is 2. The van der Waals surface area contributed by atoms with Crippen LogP contribution in [0.2, 0.25) is 0 Å². The largest absolute Gasteiger partial charge is 0.396 e. The van der Waals surface area contributed by atoms with Gasteiger partial charge in [-0.05, 0) is 25.2 Å². The van der Waals surface area contributed by atoms with Crippen LogP contribution in [-0.2, 0) is 7.05 Å². The number of anilines is 1. The highest BCUT2D eigenvalue weighted by Gasteiger charge is 2.16. The summed E-state index contributed by atoms with van der Waals surface area (Å²) in [7, 11) is 1.72. The maximum Gasteiger partial charge on any atom is 0.271 e. The van der Waals surface area contributed by atoms with E-state index in [1.807, 2.05) is 0 Å². The molecule has 5 nitrogen and oxygen atoms in total. The second kappa shape index (κ2) is 5.03. The SMILES string of the molecule is Cn1ncc(N)c1C(=O)NCC1CC=CCC1. The highest BCUT2D eigenvalue weighted by atomic mass is 16.2. The van der Waals surface area contributed by atoms with Gasteiger partial charge in [0.25, 0.3) is 5.91 Å². The highest BCUT2D eigenvalue weighted by molar-refractivity contribution is 5.97. The summed E-state index contributed by atoms with van der Waals surface area (Å²) in [4.78, 5) is 11.9. The van der Waals surface area contributed by atoms with E-state index < -0.39 is 0 Å². The van der Waals surface area contributed by atoms with Crippen LogP contribution in [0.25, 0.3) is 0 Å². The minimum atomic E-state index is -0.142. The third-order valence-corrected chi connectivity index (χ3v) is 3.11. The summed E-state index contributed by atoms with van der Waals surface area (Å²) < 4.78 is 1.51. The van der Waals surface area contributed by atoms with Crippen LogP contribution in [0.4, 0.5) is 5.69 Å². The molecule has 92 valence electrons. The molecule has 1 atom stereocenters. The van der Waals surface area contributed by atoms with E-state index in [1.165, 1.54) is 10.9 Å². The average Bonchev–Trinajstić information content (AvgIpc) is 2.67. The smallest absolute Gasteiger partial charge is 0.271 e. The quantitative estimate of drug-likeness (QED) is 0.769. The van der Waals surface area contributed by atoms with Crippen molar-refractivity contribution in [3.05, 3.63) is 24.0 Å². The zero-order valence-corrected chi connectivity index (χ0v) is 10.0. The van der Waals surface area contributed by atoms with E-state index >= 15 is 0 Å². The van der Waals surface area contributed by atoms with Gasteiger partial charge in [0.15, 0.2) is 0 Å². The van der Waals surface area contributed by atoms with Crippen LogP contribution < -0.4 is 11.1 Å². The molecule has 1 heterocycles. The van der Waals surface area contributed by atoms with Crippen molar-refractivity contribution in [3.63, 3.8) is 0 Å². The number of carbonyl (C=O) groups is 1. The summed E-state index contributed by atoms with van der Waals surface area (Å²) >= 11 is 0. The molecule has 1 aliphatic rings. The van der Waals surface area contributed by atoms with Crippen LogP contribution in [0.15, 0.2) is 18.3 Å². The van der Waals surface area contributed by atoms with E-state index in [0.717, 1.165) is 19.3 Å². The molecular weight excluding hydrogens is 216 g/mol. The van der Waals surface area contributed by atoms with Crippen LogP contribution in [0.5, 0.6) is 0 Å². The van der Waals surface area contributed by atoms with Crippen molar-refractivity contribution in [2.24, 2.45) is 13.0 Å². The number of hydrogen-bond acceptors (Lipinski definition) is 3. The second-order valence-electron chi connectivity index (χ2n) is 4.43. The fraction of sp³-hybridized carbons (Fsp3) is 0.500. The van der Waals surface area contributed by atoms with E-state index in [2.05, 4.69) is 22.6 Å². The Balaban J connectivity index is 1.91. The van der Waals surface area contributed by atoms with Crippen molar-refractivity contribution in [2.45, 2.75) is 19.3 Å². The van der Waals surface area contributed by atoms with Crippen LogP contribution in [0.1, 0.15) is 29.8 Å². The number of carbonyl (C=O) groups excluding carboxylic acids is 1. The number of nitrogens with two attached hydrogens (primary N) is 1. The Morgan fingerprint density at radius 3 is 3.06 bits per heavy atom. The summed E-state index contributed by atoms with van der Waals surface area (Å²) in [5.74, 6) is 0.399. The fourth-order valence-electron chi connectivity index (χ4n) is 2.10. The number of nitrogens with zero attached hydrogens (tertiary/aromatic N) is 2. The monoisotopic (exact) mass is 234 g/mol. The molecule has 1 aromatic rings. The summed E-state index contributed by atoms with van der Waals surface area (Å²) in [5, 5.41) is 6.87. The molecule has 0 saturated heterocycles. The number of nitrogen functional groups attached to an aromatic ring is 1. The van der Waals surface area contributed by atoms with Gasteiger partial charge in [0.2, 0.25) is 0 Å². The summed E-state index contributed by atoms with van der Waals surface area (Å²) in [6, 6.07) is 0. The van der Waals surface area contributed by atoms with E-state index in [4.69, 9.17) is 5.73 Å². The maximum absolute atomic E-state index is 11.9. The molecule has 2 rings (SSSR count). The van der Waals surface area contributed by atoms with Gasteiger partial charge in [-0.3, -0.25) is 9.48 Å². The minimum absolute atomic E-state index is 0.142. The Kier molecular flexibility index (Phi) is 3.46. The molecule has 0 aromatic carbocycles. The number of rotatable bonds is 3. The Morgan fingerprint density at radius 1 is 1.65 bits per heavy atom. The van der Waals surface area contributed by atoms with Gasteiger partial charge in [0, 0.05) is 13.6 Å². The summed E-state index contributed by atoms with van der Waals surface area (Å²) in [6.45, 7) is 0.702. The van der Waals surface area contributed by atoms with E-state index in [9.17, 15) is 4.79 Å². The molecule has 0 bridgehead atoms. The summed E-state index contributed by atoms with van der Waals surface area (Å²) in [6.07, 6.45) is 9.15. The molecule has 0 aliphatic heterocycles. The molecule has 0 spiro atoms. The van der Waals surface area contributed by atoms with Crippen LogP contribution in [0, 0.1) is 5.92 Å². The van der Waals surface area contributed by atoms with Crippen LogP contribution in [-0.4, -0.2) is 22.2 Å². The van der Waals surface area contributed by atoms with Gasteiger partial charge in [0.05, 0.1) is 11.9 Å². The molecule has 1 aromatic heterocycles. The number of aromatic nitrogens is 2. The molecule has 5 heteroatoms. The van der Waals surface area contributed by atoms with Gasteiger partial charge < -0.3 is 11.1 Å². The Hall–Kier alpha value is -1.78. The van der Waals surface area contributed by atoms with E-state index in [-0.39, 0.29) is 5.91 Å². The average molecular weight is 234 g/mol. The number of amides is 1. The molecule has 0 saturated carbocycles. The lowest BCUT2D eigenvalue weighted by Gasteiger charge is -2.18. The Bertz CT molecular complexity index is 416. The number of aryl methyl sites for hydroxylation is 1. The normalized spacial score (nSPS) is 19.2. The topological polar surface area (TPSA) is 72.9 Å². The number of allylic oxidation sites excluding steroid dienone is 2. The van der Waals surface area contributed by atoms with Gasteiger partial charge in [-0.15, -0.1) is 0 Å². The van der Waals surface area contributed by atoms with Gasteiger partial charge in [-0.2, -0.15) is 5.10 Å². The predicted molar refractivity (Wildman–Crippen MR) is 66.4 cm³/mol. The van der Waals surface area contributed by atoms with Gasteiger partial charge >= 0.3 is 0 Å². The zero-order valence-electron chi connectivity index (χ0n) is 10.0. The molecule has 1 aliphatic carbocycles. The number of nitrogens with one attached hydrogen (secondary N) is 1. The van der Waals surface area contributed by atoms with Crippen LogP contribution >= 0.6 is 0 Å². The lowest BCUT2D eigenvalue weighted by atomic mass is 9.94. The summed E-state index contributed by atoms with van der Waals surface area (Å²) in [5.41, 5.74) is 6.56. The third kappa shape index (κ3) is 2.67. The minimum Gasteiger partial charge on any atom is -0.396 e. The van der Waals surface area contributed by atoms with Gasteiger partial charge in [-0.1, -0.05) is 12.2 Å². The maximum atomic E-state index is 11.9. The zero-order chi connectivity index (χ0) is 12.3. The van der Waals surface area contributed by atoms with Crippen LogP contribution in [0.3, 0.4) is 0 Å². The molecule has 1 unspecified atom stereocenters.